The van der Waals surface area contributed by atoms with Gasteiger partial charge < -0.3 is 9.47 Å². The first-order valence-electron chi connectivity index (χ1n) is 10.4. The molecule has 32 heavy (non-hydrogen) atoms. The van der Waals surface area contributed by atoms with Crippen molar-refractivity contribution in [1.82, 2.24) is 0 Å². The van der Waals surface area contributed by atoms with Crippen LogP contribution in [0, 0.1) is 6.92 Å². The molecular formula is C27H23BrClNO2. The van der Waals surface area contributed by atoms with E-state index in [4.69, 9.17) is 21.1 Å². The van der Waals surface area contributed by atoms with E-state index in [1.165, 1.54) is 10.8 Å². The van der Waals surface area contributed by atoms with Crippen LogP contribution in [0.15, 0.2) is 82.3 Å². The Bertz CT molecular complexity index is 1280. The van der Waals surface area contributed by atoms with Gasteiger partial charge in [-0.05, 0) is 81.5 Å². The number of hydrogen-bond acceptors (Lipinski definition) is 3. The topological polar surface area (TPSA) is 30.8 Å². The fourth-order valence-corrected chi connectivity index (χ4v) is 4.24. The van der Waals surface area contributed by atoms with Gasteiger partial charge in [0.1, 0.15) is 6.61 Å². The molecule has 0 heterocycles. The molecule has 162 valence electrons. The lowest BCUT2D eigenvalue weighted by Gasteiger charge is -2.15. The van der Waals surface area contributed by atoms with E-state index in [9.17, 15) is 0 Å². The quantitative estimate of drug-likeness (QED) is 0.235. The maximum Gasteiger partial charge on any atom is 0.175 e. The predicted molar refractivity (Wildman–Crippen MR) is 137 cm³/mol. The zero-order valence-electron chi connectivity index (χ0n) is 17.9. The molecule has 0 fully saturated rings. The van der Waals surface area contributed by atoms with E-state index < -0.39 is 0 Å². The first-order valence-corrected chi connectivity index (χ1v) is 11.6. The highest BCUT2D eigenvalue weighted by Gasteiger charge is 2.13. The van der Waals surface area contributed by atoms with Crippen molar-refractivity contribution >= 4 is 50.2 Å². The second-order valence-electron chi connectivity index (χ2n) is 7.38. The first kappa shape index (κ1) is 22.4. The fraction of sp³-hybridized carbons (Fsp3) is 0.148. The predicted octanol–water partition coefficient (Wildman–Crippen LogP) is 8.29. The Morgan fingerprint density at radius 2 is 1.78 bits per heavy atom. The summed E-state index contributed by atoms with van der Waals surface area (Å²) in [5.74, 6) is 1.35. The van der Waals surface area contributed by atoms with Crippen molar-refractivity contribution in [1.29, 1.82) is 0 Å². The molecule has 0 aliphatic carbocycles. The van der Waals surface area contributed by atoms with Crippen molar-refractivity contribution in [3.63, 3.8) is 0 Å². The van der Waals surface area contributed by atoms with Crippen molar-refractivity contribution in [2.75, 3.05) is 6.61 Å². The van der Waals surface area contributed by atoms with Crippen LogP contribution in [-0.4, -0.2) is 12.8 Å². The van der Waals surface area contributed by atoms with Crippen LogP contribution in [0.2, 0.25) is 5.02 Å². The molecule has 0 amide bonds. The van der Waals surface area contributed by atoms with Gasteiger partial charge in [-0.3, -0.25) is 4.99 Å². The molecule has 0 radical (unpaired) electrons. The van der Waals surface area contributed by atoms with E-state index in [1.54, 1.807) is 6.21 Å². The smallest absolute Gasteiger partial charge is 0.175 e. The molecule has 0 N–H and O–H groups in total. The standard InChI is InChI=1S/C27H23BrClNO2/c1-3-31-26-14-19(16-30-25-15-22(29)12-11-18(25)2)13-24(28)27(26)32-17-21-9-6-8-20-7-4-5-10-23(20)21/h4-16H,3,17H2,1-2H3. The molecule has 0 bridgehead atoms. The number of rotatable bonds is 7. The summed E-state index contributed by atoms with van der Waals surface area (Å²) in [5.41, 5.74) is 3.92. The summed E-state index contributed by atoms with van der Waals surface area (Å²) < 4.78 is 12.9. The van der Waals surface area contributed by atoms with E-state index >= 15 is 0 Å². The molecule has 0 saturated carbocycles. The molecule has 4 rings (SSSR count). The van der Waals surface area contributed by atoms with Crippen LogP contribution in [0.4, 0.5) is 5.69 Å². The van der Waals surface area contributed by atoms with Crippen LogP contribution in [0.3, 0.4) is 0 Å². The van der Waals surface area contributed by atoms with Crippen molar-refractivity contribution in [2.45, 2.75) is 20.5 Å². The number of aryl methyl sites for hydroxylation is 1. The van der Waals surface area contributed by atoms with Gasteiger partial charge in [0.15, 0.2) is 11.5 Å². The third-order valence-electron chi connectivity index (χ3n) is 5.11. The number of fused-ring (bicyclic) bond motifs is 1. The van der Waals surface area contributed by atoms with Crippen LogP contribution >= 0.6 is 27.5 Å². The van der Waals surface area contributed by atoms with E-state index in [2.05, 4.69) is 51.3 Å². The number of ether oxygens (including phenoxy) is 2. The second-order valence-corrected chi connectivity index (χ2v) is 8.67. The van der Waals surface area contributed by atoms with Gasteiger partial charge in [0, 0.05) is 11.2 Å². The summed E-state index contributed by atoms with van der Waals surface area (Å²) in [6.07, 6.45) is 1.81. The lowest BCUT2D eigenvalue weighted by Crippen LogP contribution is -2.02. The molecule has 0 atom stereocenters. The Morgan fingerprint density at radius 1 is 0.969 bits per heavy atom. The summed E-state index contributed by atoms with van der Waals surface area (Å²) in [7, 11) is 0. The molecule has 0 spiro atoms. The van der Waals surface area contributed by atoms with Gasteiger partial charge in [-0.15, -0.1) is 0 Å². The van der Waals surface area contributed by atoms with Gasteiger partial charge in [0.2, 0.25) is 0 Å². The largest absolute Gasteiger partial charge is 0.490 e. The summed E-state index contributed by atoms with van der Waals surface area (Å²) in [5, 5.41) is 3.04. The van der Waals surface area contributed by atoms with Crippen molar-refractivity contribution in [2.24, 2.45) is 4.99 Å². The molecular weight excluding hydrogens is 486 g/mol. The Balaban J connectivity index is 1.61. The highest BCUT2D eigenvalue weighted by atomic mass is 79.9. The highest BCUT2D eigenvalue weighted by Crippen LogP contribution is 2.38. The summed E-state index contributed by atoms with van der Waals surface area (Å²) in [4.78, 5) is 4.61. The lowest BCUT2D eigenvalue weighted by molar-refractivity contribution is 0.268. The van der Waals surface area contributed by atoms with Crippen LogP contribution in [-0.2, 0) is 6.61 Å². The number of halogens is 2. The van der Waals surface area contributed by atoms with Gasteiger partial charge >= 0.3 is 0 Å². The molecule has 0 saturated heterocycles. The summed E-state index contributed by atoms with van der Waals surface area (Å²) in [6, 6.07) is 24.2. The van der Waals surface area contributed by atoms with Gasteiger partial charge in [-0.25, -0.2) is 0 Å². The fourth-order valence-electron chi connectivity index (χ4n) is 3.50. The monoisotopic (exact) mass is 507 g/mol. The number of benzene rings is 4. The van der Waals surface area contributed by atoms with Gasteiger partial charge in [-0.1, -0.05) is 60.1 Å². The maximum atomic E-state index is 6.23. The average Bonchev–Trinajstić information content (AvgIpc) is 2.79. The Kier molecular flexibility index (Phi) is 7.13. The van der Waals surface area contributed by atoms with Gasteiger partial charge in [0.05, 0.1) is 16.8 Å². The van der Waals surface area contributed by atoms with Gasteiger partial charge in [0.25, 0.3) is 0 Å². The highest BCUT2D eigenvalue weighted by molar-refractivity contribution is 9.10. The first-order chi connectivity index (χ1) is 15.5. The molecule has 0 unspecified atom stereocenters. The Morgan fingerprint density at radius 3 is 2.62 bits per heavy atom. The third-order valence-corrected chi connectivity index (χ3v) is 5.93. The minimum Gasteiger partial charge on any atom is -0.490 e. The SMILES string of the molecule is CCOc1cc(C=Nc2cc(Cl)ccc2C)cc(Br)c1OCc1cccc2ccccc12. The van der Waals surface area contributed by atoms with E-state index in [0.717, 1.165) is 26.9 Å². The normalized spacial score (nSPS) is 11.2. The zero-order valence-corrected chi connectivity index (χ0v) is 20.3. The molecule has 5 heteroatoms. The summed E-state index contributed by atoms with van der Waals surface area (Å²) >= 11 is 9.77. The van der Waals surface area contributed by atoms with Crippen molar-refractivity contribution in [3.05, 3.63) is 99.0 Å². The Labute approximate surface area is 201 Å². The minimum atomic E-state index is 0.440. The number of nitrogens with zero attached hydrogens (tertiary/aromatic N) is 1. The lowest BCUT2D eigenvalue weighted by atomic mass is 10.1. The molecule has 0 aliphatic rings. The van der Waals surface area contributed by atoms with E-state index in [1.807, 2.05) is 56.3 Å². The third kappa shape index (κ3) is 5.14. The molecule has 4 aromatic carbocycles. The van der Waals surface area contributed by atoms with Crippen LogP contribution in [0.1, 0.15) is 23.6 Å². The Hall–Kier alpha value is -2.82. The van der Waals surface area contributed by atoms with E-state index in [0.29, 0.717) is 29.7 Å². The molecule has 3 nitrogen and oxygen atoms in total. The van der Waals surface area contributed by atoms with Crippen LogP contribution in [0.25, 0.3) is 10.8 Å². The average molecular weight is 509 g/mol. The van der Waals surface area contributed by atoms with E-state index in [-0.39, 0.29) is 0 Å². The molecule has 4 aromatic rings. The van der Waals surface area contributed by atoms with Crippen LogP contribution < -0.4 is 9.47 Å². The van der Waals surface area contributed by atoms with Crippen LogP contribution in [0.5, 0.6) is 11.5 Å². The number of aliphatic imine (C=N–C) groups is 1. The summed E-state index contributed by atoms with van der Waals surface area (Å²) in [6.45, 7) is 4.94. The minimum absolute atomic E-state index is 0.440. The van der Waals surface area contributed by atoms with Crippen molar-refractivity contribution < 1.29 is 9.47 Å². The zero-order chi connectivity index (χ0) is 22.5. The van der Waals surface area contributed by atoms with Crippen molar-refractivity contribution in [3.8, 4) is 11.5 Å². The maximum absolute atomic E-state index is 6.23. The molecule has 0 aliphatic heterocycles. The second kappa shape index (κ2) is 10.2. The number of hydrogen-bond donors (Lipinski definition) is 0. The molecule has 0 aromatic heterocycles. The van der Waals surface area contributed by atoms with Gasteiger partial charge in [-0.2, -0.15) is 0 Å².